The summed E-state index contributed by atoms with van der Waals surface area (Å²) in [7, 11) is -3.90. The van der Waals surface area contributed by atoms with Crippen LogP contribution in [0.1, 0.15) is 11.1 Å². The molecule has 0 aliphatic carbocycles. The number of nitrogens with zero attached hydrogens (tertiary/aromatic N) is 1. The SMILES string of the molecule is NCc1ccc(CNS(=O)(=O)c2ccc([N+](=O)[O-])cc2)c(F)c1. The van der Waals surface area contributed by atoms with Crippen LogP contribution < -0.4 is 10.5 Å². The van der Waals surface area contributed by atoms with Crippen LogP contribution in [0.5, 0.6) is 0 Å². The molecule has 7 nitrogen and oxygen atoms in total. The number of benzene rings is 2. The molecule has 0 saturated carbocycles. The Morgan fingerprint density at radius 3 is 2.35 bits per heavy atom. The number of hydrogen-bond donors (Lipinski definition) is 2. The van der Waals surface area contributed by atoms with Crippen molar-refractivity contribution in [3.8, 4) is 0 Å². The van der Waals surface area contributed by atoms with Gasteiger partial charge in [0.15, 0.2) is 0 Å². The van der Waals surface area contributed by atoms with Gasteiger partial charge in [-0.05, 0) is 23.8 Å². The van der Waals surface area contributed by atoms with Crippen molar-refractivity contribution in [2.45, 2.75) is 18.0 Å². The van der Waals surface area contributed by atoms with Gasteiger partial charge in [0, 0.05) is 30.8 Å². The van der Waals surface area contributed by atoms with E-state index in [1.54, 1.807) is 6.07 Å². The number of non-ortho nitro benzene ring substituents is 1. The average molecular weight is 339 g/mol. The van der Waals surface area contributed by atoms with Crippen LogP contribution in [-0.4, -0.2) is 13.3 Å². The number of rotatable bonds is 6. The zero-order chi connectivity index (χ0) is 17.0. The molecule has 0 saturated heterocycles. The fraction of sp³-hybridized carbons (Fsp3) is 0.143. The molecule has 0 aliphatic heterocycles. The Balaban J connectivity index is 2.14. The van der Waals surface area contributed by atoms with Crippen LogP contribution in [0.3, 0.4) is 0 Å². The molecule has 2 aromatic carbocycles. The fourth-order valence-electron chi connectivity index (χ4n) is 1.86. The number of nitro benzene ring substituents is 1. The van der Waals surface area contributed by atoms with Gasteiger partial charge in [0.1, 0.15) is 5.82 Å². The van der Waals surface area contributed by atoms with E-state index in [-0.39, 0.29) is 29.2 Å². The van der Waals surface area contributed by atoms with Crippen molar-refractivity contribution in [3.63, 3.8) is 0 Å². The standard InChI is InChI=1S/C14H14FN3O4S/c15-14-7-10(8-16)1-2-11(14)9-17-23(21,22)13-5-3-12(4-6-13)18(19)20/h1-7,17H,8-9,16H2. The third kappa shape index (κ3) is 4.09. The van der Waals surface area contributed by atoms with Gasteiger partial charge in [-0.25, -0.2) is 17.5 Å². The molecule has 0 spiro atoms. The highest BCUT2D eigenvalue weighted by Crippen LogP contribution is 2.16. The Kier molecular flexibility index (Phi) is 5.04. The van der Waals surface area contributed by atoms with Gasteiger partial charge in [-0.15, -0.1) is 0 Å². The Morgan fingerprint density at radius 2 is 1.83 bits per heavy atom. The minimum absolute atomic E-state index is 0.137. The van der Waals surface area contributed by atoms with E-state index in [1.165, 1.54) is 12.1 Å². The zero-order valence-corrected chi connectivity index (χ0v) is 12.7. The highest BCUT2D eigenvalue weighted by molar-refractivity contribution is 7.89. The van der Waals surface area contributed by atoms with Gasteiger partial charge in [-0.1, -0.05) is 12.1 Å². The summed E-state index contributed by atoms with van der Waals surface area (Å²) in [6.45, 7) is -0.0538. The van der Waals surface area contributed by atoms with Gasteiger partial charge in [-0.3, -0.25) is 10.1 Å². The number of nitro groups is 1. The molecular formula is C14H14FN3O4S. The van der Waals surface area contributed by atoms with Gasteiger partial charge in [0.05, 0.1) is 9.82 Å². The summed E-state index contributed by atoms with van der Waals surface area (Å²) in [5.41, 5.74) is 5.96. The molecule has 2 aromatic rings. The number of nitrogens with two attached hydrogens (primary N) is 1. The number of nitrogens with one attached hydrogen (secondary N) is 1. The van der Waals surface area contributed by atoms with E-state index in [4.69, 9.17) is 5.73 Å². The first-order valence-corrected chi connectivity index (χ1v) is 8.03. The first-order chi connectivity index (χ1) is 10.8. The number of hydrogen-bond acceptors (Lipinski definition) is 5. The second-order valence-electron chi connectivity index (χ2n) is 4.71. The molecule has 0 amide bonds. The lowest BCUT2D eigenvalue weighted by Crippen LogP contribution is -2.23. The van der Waals surface area contributed by atoms with E-state index in [1.807, 2.05) is 0 Å². The summed E-state index contributed by atoms with van der Waals surface area (Å²) >= 11 is 0. The van der Waals surface area contributed by atoms with Gasteiger partial charge in [0.25, 0.3) is 5.69 Å². The summed E-state index contributed by atoms with van der Waals surface area (Å²) in [5.74, 6) is -0.556. The fourth-order valence-corrected chi connectivity index (χ4v) is 2.87. The average Bonchev–Trinajstić information content (AvgIpc) is 2.53. The van der Waals surface area contributed by atoms with Crippen LogP contribution in [0.25, 0.3) is 0 Å². The molecule has 9 heteroatoms. The quantitative estimate of drug-likeness (QED) is 0.613. The topological polar surface area (TPSA) is 115 Å². The molecule has 0 fully saturated rings. The lowest BCUT2D eigenvalue weighted by atomic mass is 10.1. The minimum Gasteiger partial charge on any atom is -0.326 e. The molecule has 0 bridgehead atoms. The van der Waals surface area contributed by atoms with Gasteiger partial charge < -0.3 is 5.73 Å². The van der Waals surface area contributed by atoms with E-state index >= 15 is 0 Å². The third-order valence-corrected chi connectivity index (χ3v) is 4.58. The van der Waals surface area contributed by atoms with Crippen LogP contribution in [0.15, 0.2) is 47.4 Å². The highest BCUT2D eigenvalue weighted by atomic mass is 32.2. The van der Waals surface area contributed by atoms with E-state index in [0.717, 1.165) is 24.3 Å². The van der Waals surface area contributed by atoms with Crippen molar-refractivity contribution in [2.24, 2.45) is 5.73 Å². The Bertz CT molecular complexity index is 822. The minimum atomic E-state index is -3.90. The lowest BCUT2D eigenvalue weighted by molar-refractivity contribution is -0.384. The highest BCUT2D eigenvalue weighted by Gasteiger charge is 2.16. The molecule has 122 valence electrons. The monoisotopic (exact) mass is 339 g/mol. The molecule has 2 rings (SSSR count). The first kappa shape index (κ1) is 17.0. The van der Waals surface area contributed by atoms with Gasteiger partial charge in [-0.2, -0.15) is 0 Å². The molecule has 0 heterocycles. The second kappa shape index (κ2) is 6.82. The predicted molar refractivity (Wildman–Crippen MR) is 81.4 cm³/mol. The first-order valence-electron chi connectivity index (χ1n) is 6.55. The molecule has 0 radical (unpaired) electrons. The third-order valence-electron chi connectivity index (χ3n) is 3.16. The predicted octanol–water partition coefficient (Wildman–Crippen LogP) is 1.67. The van der Waals surface area contributed by atoms with Crippen LogP contribution in [0.2, 0.25) is 0 Å². The molecule has 0 unspecified atom stereocenters. The van der Waals surface area contributed by atoms with Crippen LogP contribution in [0, 0.1) is 15.9 Å². The Morgan fingerprint density at radius 1 is 1.17 bits per heavy atom. The maximum absolute atomic E-state index is 13.8. The molecule has 23 heavy (non-hydrogen) atoms. The zero-order valence-electron chi connectivity index (χ0n) is 11.9. The summed E-state index contributed by atoms with van der Waals surface area (Å²) < 4.78 is 40.2. The van der Waals surface area contributed by atoms with E-state index in [2.05, 4.69) is 4.72 Å². The van der Waals surface area contributed by atoms with E-state index in [9.17, 15) is 22.9 Å². The number of sulfonamides is 1. The van der Waals surface area contributed by atoms with Crippen molar-refractivity contribution in [1.82, 2.24) is 4.72 Å². The maximum atomic E-state index is 13.8. The van der Waals surface area contributed by atoms with E-state index < -0.39 is 20.8 Å². The van der Waals surface area contributed by atoms with Crippen molar-refractivity contribution in [2.75, 3.05) is 0 Å². The lowest BCUT2D eigenvalue weighted by Gasteiger charge is -2.08. The smallest absolute Gasteiger partial charge is 0.269 e. The van der Waals surface area contributed by atoms with Crippen molar-refractivity contribution in [3.05, 3.63) is 69.5 Å². The summed E-state index contributed by atoms with van der Waals surface area (Å²) in [4.78, 5) is 9.79. The van der Waals surface area contributed by atoms with Gasteiger partial charge in [0.2, 0.25) is 10.0 Å². The van der Waals surface area contributed by atoms with E-state index in [0.29, 0.717) is 5.56 Å². The normalized spacial score (nSPS) is 11.4. The van der Waals surface area contributed by atoms with Crippen molar-refractivity contribution < 1.29 is 17.7 Å². The van der Waals surface area contributed by atoms with Gasteiger partial charge >= 0.3 is 0 Å². The Labute approximate surface area is 132 Å². The Hall–Kier alpha value is -2.36. The molecular weight excluding hydrogens is 325 g/mol. The molecule has 3 N–H and O–H groups in total. The molecule has 0 aromatic heterocycles. The van der Waals surface area contributed by atoms with Crippen LogP contribution >= 0.6 is 0 Å². The maximum Gasteiger partial charge on any atom is 0.269 e. The summed E-state index contributed by atoms with van der Waals surface area (Å²) in [5, 5.41) is 10.6. The van der Waals surface area contributed by atoms with Crippen molar-refractivity contribution >= 4 is 15.7 Å². The largest absolute Gasteiger partial charge is 0.326 e. The van der Waals surface area contributed by atoms with Crippen molar-refractivity contribution in [1.29, 1.82) is 0 Å². The number of halogens is 1. The second-order valence-corrected chi connectivity index (χ2v) is 6.47. The molecule has 0 atom stereocenters. The summed E-state index contributed by atoms with van der Waals surface area (Å²) in [6.07, 6.45) is 0. The summed E-state index contributed by atoms with van der Waals surface area (Å²) in [6, 6.07) is 8.73. The van der Waals surface area contributed by atoms with Crippen LogP contribution in [0.4, 0.5) is 10.1 Å². The van der Waals surface area contributed by atoms with Crippen LogP contribution in [-0.2, 0) is 23.1 Å². The molecule has 0 aliphatic rings.